The first-order valence-electron chi connectivity index (χ1n) is 7.40. The van der Waals surface area contributed by atoms with Gasteiger partial charge >= 0.3 is 0 Å². The van der Waals surface area contributed by atoms with E-state index in [0.717, 1.165) is 19.5 Å². The number of piperidine rings is 2. The molecule has 0 amide bonds. The second-order valence-electron chi connectivity index (χ2n) is 5.78. The van der Waals surface area contributed by atoms with E-state index < -0.39 is 0 Å². The molecule has 3 atom stereocenters. The molecule has 104 valence electrons. The normalized spacial score (nSPS) is 31.9. The van der Waals surface area contributed by atoms with Crippen molar-refractivity contribution in [1.29, 1.82) is 0 Å². The smallest absolute Gasteiger partial charge is 0.0929 e. The molecule has 3 rings (SSSR count). The number of aliphatic hydroxyl groups is 1. The van der Waals surface area contributed by atoms with Gasteiger partial charge in [-0.15, -0.1) is 0 Å². The quantitative estimate of drug-likeness (QED) is 0.905. The highest BCUT2D eigenvalue weighted by molar-refractivity contribution is 5.13. The lowest BCUT2D eigenvalue weighted by Crippen LogP contribution is -2.54. The van der Waals surface area contributed by atoms with Crippen LogP contribution in [0.15, 0.2) is 30.3 Å². The third kappa shape index (κ3) is 3.16. The van der Waals surface area contributed by atoms with Crippen LogP contribution in [0.1, 0.15) is 31.2 Å². The van der Waals surface area contributed by atoms with E-state index in [1.54, 1.807) is 0 Å². The first kappa shape index (κ1) is 13.1. The summed E-state index contributed by atoms with van der Waals surface area (Å²) in [5, 5.41) is 10.2. The van der Waals surface area contributed by atoms with Gasteiger partial charge in [0, 0.05) is 12.6 Å². The number of fused-ring (bicyclic) bond motifs is 1. The van der Waals surface area contributed by atoms with Gasteiger partial charge in [-0.1, -0.05) is 36.8 Å². The van der Waals surface area contributed by atoms with Gasteiger partial charge in [-0.2, -0.15) is 0 Å². The van der Waals surface area contributed by atoms with Crippen LogP contribution < -0.4 is 0 Å². The standard InChI is InChI=1S/C16H23NO2/c18-15-11-17-9-5-4-8-14(17)10-16(15)19-12-13-6-2-1-3-7-13/h1-3,6-7,14-16,18H,4-5,8-12H2/t14-,15-,16-/m1/s1. The lowest BCUT2D eigenvalue weighted by Gasteiger charge is -2.44. The molecule has 1 aromatic rings. The summed E-state index contributed by atoms with van der Waals surface area (Å²) in [4.78, 5) is 2.44. The second-order valence-corrected chi connectivity index (χ2v) is 5.78. The van der Waals surface area contributed by atoms with Crippen molar-refractivity contribution in [3.8, 4) is 0 Å². The SMILES string of the molecule is O[C@@H]1CN2CCCC[C@@H]2C[C@H]1OCc1ccccc1. The number of nitrogens with zero attached hydrogens (tertiary/aromatic N) is 1. The molecule has 3 heteroatoms. The first-order valence-corrected chi connectivity index (χ1v) is 7.40. The maximum Gasteiger partial charge on any atom is 0.0929 e. The third-order valence-corrected chi connectivity index (χ3v) is 4.41. The summed E-state index contributed by atoms with van der Waals surface area (Å²) >= 11 is 0. The van der Waals surface area contributed by atoms with Crippen molar-refractivity contribution < 1.29 is 9.84 Å². The molecule has 0 aromatic heterocycles. The number of aliphatic hydroxyl groups excluding tert-OH is 1. The van der Waals surface area contributed by atoms with Crippen LogP contribution in [-0.4, -0.2) is 41.3 Å². The van der Waals surface area contributed by atoms with Crippen LogP contribution in [0.2, 0.25) is 0 Å². The maximum atomic E-state index is 10.2. The minimum atomic E-state index is -0.335. The van der Waals surface area contributed by atoms with E-state index in [0.29, 0.717) is 12.6 Å². The van der Waals surface area contributed by atoms with E-state index in [2.05, 4.69) is 17.0 Å². The minimum absolute atomic E-state index is 0.000411. The lowest BCUT2D eigenvalue weighted by molar-refractivity contribution is -0.107. The van der Waals surface area contributed by atoms with Crippen molar-refractivity contribution in [2.24, 2.45) is 0 Å². The van der Waals surface area contributed by atoms with Crippen LogP contribution >= 0.6 is 0 Å². The molecule has 2 aliphatic rings. The Hall–Kier alpha value is -0.900. The van der Waals surface area contributed by atoms with Gasteiger partial charge in [-0.25, -0.2) is 0 Å². The van der Waals surface area contributed by atoms with Crippen LogP contribution in [0.5, 0.6) is 0 Å². The average Bonchev–Trinajstić information content (AvgIpc) is 2.46. The van der Waals surface area contributed by atoms with Crippen LogP contribution in [0, 0.1) is 0 Å². The number of ether oxygens (including phenoxy) is 1. The van der Waals surface area contributed by atoms with Gasteiger partial charge in [0.1, 0.15) is 0 Å². The summed E-state index contributed by atoms with van der Waals surface area (Å²) in [6.45, 7) is 2.53. The van der Waals surface area contributed by atoms with E-state index in [1.807, 2.05) is 18.2 Å². The maximum absolute atomic E-state index is 10.2. The van der Waals surface area contributed by atoms with Crippen LogP contribution in [0.3, 0.4) is 0 Å². The molecule has 1 aromatic carbocycles. The van der Waals surface area contributed by atoms with Crippen LogP contribution in [0.25, 0.3) is 0 Å². The summed E-state index contributed by atoms with van der Waals surface area (Å²) in [7, 11) is 0. The van der Waals surface area contributed by atoms with Crippen molar-refractivity contribution in [2.75, 3.05) is 13.1 Å². The Morgan fingerprint density at radius 3 is 2.89 bits per heavy atom. The second kappa shape index (κ2) is 6.04. The average molecular weight is 261 g/mol. The van der Waals surface area contributed by atoms with E-state index in [-0.39, 0.29) is 12.2 Å². The number of rotatable bonds is 3. The molecule has 2 saturated heterocycles. The Labute approximate surface area is 115 Å². The zero-order valence-electron chi connectivity index (χ0n) is 11.4. The van der Waals surface area contributed by atoms with E-state index in [1.165, 1.54) is 24.8 Å². The molecule has 0 saturated carbocycles. The van der Waals surface area contributed by atoms with Gasteiger partial charge in [0.25, 0.3) is 0 Å². The molecule has 0 aliphatic carbocycles. The Balaban J connectivity index is 1.55. The number of hydrogen-bond donors (Lipinski definition) is 1. The monoisotopic (exact) mass is 261 g/mol. The molecule has 2 fully saturated rings. The van der Waals surface area contributed by atoms with Crippen molar-refractivity contribution in [2.45, 2.75) is 50.5 Å². The molecular weight excluding hydrogens is 238 g/mol. The van der Waals surface area contributed by atoms with Gasteiger partial charge in [0.05, 0.1) is 18.8 Å². The van der Waals surface area contributed by atoms with Gasteiger partial charge in [0.2, 0.25) is 0 Å². The molecule has 0 bridgehead atoms. The zero-order valence-corrected chi connectivity index (χ0v) is 11.4. The van der Waals surface area contributed by atoms with Crippen molar-refractivity contribution in [3.05, 3.63) is 35.9 Å². The minimum Gasteiger partial charge on any atom is -0.389 e. The van der Waals surface area contributed by atoms with Gasteiger partial charge in [-0.05, 0) is 31.4 Å². The molecule has 0 unspecified atom stereocenters. The predicted molar refractivity (Wildman–Crippen MR) is 74.9 cm³/mol. The molecular formula is C16H23NO2. The molecule has 0 radical (unpaired) electrons. The summed E-state index contributed by atoms with van der Waals surface area (Å²) in [6, 6.07) is 10.8. The van der Waals surface area contributed by atoms with Crippen molar-refractivity contribution in [3.63, 3.8) is 0 Å². The molecule has 19 heavy (non-hydrogen) atoms. The summed E-state index contributed by atoms with van der Waals surface area (Å²) in [5.41, 5.74) is 1.18. The van der Waals surface area contributed by atoms with Crippen molar-refractivity contribution in [1.82, 2.24) is 4.90 Å². The Kier molecular flexibility index (Phi) is 4.16. The molecule has 1 N–H and O–H groups in total. The summed E-state index contributed by atoms with van der Waals surface area (Å²) < 4.78 is 5.95. The van der Waals surface area contributed by atoms with E-state index >= 15 is 0 Å². The molecule has 2 aliphatic heterocycles. The van der Waals surface area contributed by atoms with Gasteiger partial charge in [-0.3, -0.25) is 4.90 Å². The molecule has 0 spiro atoms. The van der Waals surface area contributed by atoms with Crippen LogP contribution in [-0.2, 0) is 11.3 Å². The van der Waals surface area contributed by atoms with E-state index in [4.69, 9.17) is 4.74 Å². The molecule has 2 heterocycles. The van der Waals surface area contributed by atoms with Gasteiger partial charge < -0.3 is 9.84 Å². The fourth-order valence-electron chi connectivity index (χ4n) is 3.31. The van der Waals surface area contributed by atoms with Crippen LogP contribution in [0.4, 0.5) is 0 Å². The van der Waals surface area contributed by atoms with Gasteiger partial charge in [0.15, 0.2) is 0 Å². The topological polar surface area (TPSA) is 32.7 Å². The number of benzene rings is 1. The Morgan fingerprint density at radius 1 is 1.21 bits per heavy atom. The summed E-state index contributed by atoms with van der Waals surface area (Å²) in [6.07, 6.45) is 4.51. The fraction of sp³-hybridized carbons (Fsp3) is 0.625. The Morgan fingerprint density at radius 2 is 2.05 bits per heavy atom. The largest absolute Gasteiger partial charge is 0.389 e. The lowest BCUT2D eigenvalue weighted by atomic mass is 9.90. The Bertz CT molecular complexity index is 395. The zero-order chi connectivity index (χ0) is 13.1. The highest BCUT2D eigenvalue weighted by Gasteiger charge is 2.36. The van der Waals surface area contributed by atoms with E-state index in [9.17, 15) is 5.11 Å². The highest BCUT2D eigenvalue weighted by Crippen LogP contribution is 2.28. The number of hydrogen-bond acceptors (Lipinski definition) is 3. The predicted octanol–water partition coefficient (Wildman–Crippen LogP) is 2.19. The van der Waals surface area contributed by atoms with Crippen molar-refractivity contribution >= 4 is 0 Å². The third-order valence-electron chi connectivity index (χ3n) is 4.41. The highest BCUT2D eigenvalue weighted by atomic mass is 16.5. The fourth-order valence-corrected chi connectivity index (χ4v) is 3.31. The molecule has 3 nitrogen and oxygen atoms in total. The first-order chi connectivity index (χ1) is 9.33. The summed E-state index contributed by atoms with van der Waals surface area (Å²) in [5.74, 6) is 0.